The molecule has 3 rings (SSSR count). The van der Waals surface area contributed by atoms with E-state index in [4.69, 9.17) is 42.2 Å². The Kier molecular flexibility index (Phi) is 51.9. The van der Waals surface area contributed by atoms with E-state index in [1.807, 2.05) is 0 Å². The lowest BCUT2D eigenvalue weighted by molar-refractivity contribution is -0.360. The molecule has 0 aromatic heterocycles. The van der Waals surface area contributed by atoms with Crippen LogP contribution in [0.1, 0.15) is 323 Å². The van der Waals surface area contributed by atoms with Crippen LogP contribution in [0.4, 0.5) is 0 Å². The van der Waals surface area contributed by atoms with Crippen molar-refractivity contribution < 1.29 is 117 Å². The van der Waals surface area contributed by atoms with Gasteiger partial charge in [-0.25, -0.2) is 4.57 Å². The van der Waals surface area contributed by atoms with Gasteiger partial charge in [0.05, 0.1) is 13.2 Å². The molecule has 0 radical (unpaired) electrons. The number of hydrogen-bond acceptors (Lipinski definition) is 23. The maximum atomic E-state index is 14.3. The molecule has 2 heterocycles. The van der Waals surface area contributed by atoms with Gasteiger partial charge in [-0.2, -0.15) is 0 Å². The van der Waals surface area contributed by atoms with Crippen molar-refractivity contribution in [2.45, 2.75) is 427 Å². The van der Waals surface area contributed by atoms with E-state index in [0.29, 0.717) is 19.3 Å². The van der Waals surface area contributed by atoms with Gasteiger partial charge in [0.15, 0.2) is 18.7 Å². The van der Waals surface area contributed by atoms with Gasteiger partial charge in [-0.3, -0.25) is 23.4 Å². The molecule has 0 bridgehead atoms. The zero-order valence-corrected chi connectivity index (χ0v) is 61.9. The molecule has 11 N–H and O–H groups in total. The van der Waals surface area contributed by atoms with E-state index in [9.17, 15) is 74.9 Å². The minimum atomic E-state index is -5.69. The zero-order valence-electron chi connectivity index (χ0n) is 61.1. The van der Waals surface area contributed by atoms with Crippen molar-refractivity contribution in [2.24, 2.45) is 0 Å². The second-order valence-electron chi connectivity index (χ2n) is 28.4. The summed E-state index contributed by atoms with van der Waals surface area (Å²) in [6.45, 7) is 3.49. The van der Waals surface area contributed by atoms with Crippen molar-refractivity contribution in [3.05, 3.63) is 0 Å². The summed E-state index contributed by atoms with van der Waals surface area (Å²) >= 11 is 0. The first-order chi connectivity index (χ1) is 47.8. The van der Waals surface area contributed by atoms with Crippen LogP contribution in [0.25, 0.3) is 0 Å². The predicted octanol–water partition coefficient (Wildman–Crippen LogP) is 11.4. The van der Waals surface area contributed by atoms with E-state index in [0.717, 1.165) is 89.9 Å². The third kappa shape index (κ3) is 39.2. The number of hydrogen-bond donors (Lipinski definition) is 11. The van der Waals surface area contributed by atoms with Crippen molar-refractivity contribution in [3.8, 4) is 0 Å². The molecule has 99 heavy (non-hydrogen) atoms. The maximum absolute atomic E-state index is 14.3. The van der Waals surface area contributed by atoms with Crippen molar-refractivity contribution >= 4 is 25.7 Å². The first-order valence-electron chi connectivity index (χ1n) is 39.3. The quantitative estimate of drug-likeness (QED) is 0.0117. The van der Waals surface area contributed by atoms with Crippen LogP contribution in [0.15, 0.2) is 0 Å². The Morgan fingerprint density at radius 1 is 0.354 bits per heavy atom. The summed E-state index contributed by atoms with van der Waals surface area (Å²) in [5.74, 6) is -1.97. The summed E-state index contributed by atoms with van der Waals surface area (Å²) in [5, 5.41) is 110. The summed E-state index contributed by atoms with van der Waals surface area (Å²) in [6.07, 6.45) is 14.4. The molecule has 0 spiro atoms. The van der Waals surface area contributed by atoms with Crippen LogP contribution in [-0.2, 0) is 61.2 Å². The van der Waals surface area contributed by atoms with Gasteiger partial charge in [0, 0.05) is 19.3 Å². The fourth-order valence-corrected chi connectivity index (χ4v) is 14.2. The van der Waals surface area contributed by atoms with Crippen LogP contribution in [0.5, 0.6) is 0 Å². The lowest BCUT2D eigenvalue weighted by Crippen LogP contribution is -2.69. The molecule has 18 atom stereocenters. The molecule has 0 amide bonds. The van der Waals surface area contributed by atoms with E-state index in [-0.39, 0.29) is 19.3 Å². The molecule has 1 saturated carbocycles. The topological polar surface area (TPSA) is 374 Å². The third-order valence-electron chi connectivity index (χ3n) is 19.6. The number of unbranched alkanes of at least 4 members (excludes halogenated alkanes) is 41. The number of aliphatic hydroxyl groups is 10. The van der Waals surface area contributed by atoms with Crippen LogP contribution < -0.4 is 0 Å². The largest absolute Gasteiger partial charge is 0.472 e. The molecular weight excluding hydrogens is 1300 g/mol. The molecule has 25 heteroatoms. The van der Waals surface area contributed by atoms with Crippen molar-refractivity contribution in [1.29, 1.82) is 0 Å². The Morgan fingerprint density at radius 3 is 0.990 bits per heavy atom. The molecule has 3 fully saturated rings. The third-order valence-corrected chi connectivity index (χ3v) is 20.6. The second-order valence-corrected chi connectivity index (χ2v) is 29.8. The molecule has 2 saturated heterocycles. The molecule has 0 aromatic carbocycles. The standard InChI is InChI=1S/C74H139O24P/c1-4-7-10-13-16-19-22-25-28-29-32-34-36-39-42-45-48-58(76)90-52-55(93-60(78)50-47-44-41-38-35-31-27-24-21-18-15-12-9-6-3)53-92-99(88,89)98-72-70(96-73-68(86)63(81)61(79)56(51-75)94-73)66(84)65(83)67(85)71(72)97-74-69(87)64(82)62(80)57(95-74)54-91-59(77)49-46-43-40-37-33-30-26-23-20-17-14-11-8-5-2/h55-57,61-75,79-87H,4-54H2,1-3H3,(H,88,89). The van der Waals surface area contributed by atoms with Crippen molar-refractivity contribution in [1.82, 2.24) is 0 Å². The molecule has 0 aromatic rings. The maximum Gasteiger partial charge on any atom is 0.472 e. The van der Waals surface area contributed by atoms with Crippen molar-refractivity contribution in [2.75, 3.05) is 26.4 Å². The summed E-state index contributed by atoms with van der Waals surface area (Å²) in [6, 6.07) is 0. The van der Waals surface area contributed by atoms with E-state index in [1.165, 1.54) is 173 Å². The Balaban J connectivity index is 1.71. The lowest BCUT2D eigenvalue weighted by atomic mass is 9.84. The zero-order chi connectivity index (χ0) is 72.5. The van der Waals surface area contributed by atoms with Gasteiger partial charge in [-0.15, -0.1) is 0 Å². The van der Waals surface area contributed by atoms with Gasteiger partial charge in [0.2, 0.25) is 0 Å². The normalized spacial score (nSPS) is 27.4. The minimum Gasteiger partial charge on any atom is -0.463 e. The number of phosphoric ester groups is 1. The summed E-state index contributed by atoms with van der Waals surface area (Å²) in [7, 11) is -5.69. The van der Waals surface area contributed by atoms with Gasteiger partial charge >= 0.3 is 25.7 Å². The highest BCUT2D eigenvalue weighted by atomic mass is 31.2. The SMILES string of the molecule is CCCCCCCCCCCCCCCCCCC(=O)OCC(COP(=O)(O)OC1C(OC2OC(CO)C(O)C(O)C2O)C(O)C(O)C(O)C1OC1OC(COC(=O)CCCCCCCCCCCCCCCC)C(O)C(O)C1O)OC(=O)CCCCCCCCCCCCCCCC. The molecule has 1 aliphatic carbocycles. The first-order valence-corrected chi connectivity index (χ1v) is 40.8. The van der Waals surface area contributed by atoms with E-state index in [1.54, 1.807) is 0 Å². The van der Waals surface area contributed by atoms with Gasteiger partial charge in [0.1, 0.15) is 98.7 Å². The second kappa shape index (κ2) is 56.3. The Morgan fingerprint density at radius 2 is 0.646 bits per heavy atom. The number of ether oxygens (including phenoxy) is 7. The molecule has 584 valence electrons. The van der Waals surface area contributed by atoms with E-state index in [2.05, 4.69) is 20.8 Å². The lowest BCUT2D eigenvalue weighted by Gasteiger charge is -2.49. The highest BCUT2D eigenvalue weighted by Crippen LogP contribution is 2.49. The van der Waals surface area contributed by atoms with Crippen LogP contribution in [-0.4, -0.2) is 204 Å². The average Bonchev–Trinajstić information content (AvgIpc) is 0.763. The summed E-state index contributed by atoms with van der Waals surface area (Å²) in [4.78, 5) is 51.1. The Bertz CT molecular complexity index is 2050. The van der Waals surface area contributed by atoms with Crippen molar-refractivity contribution in [3.63, 3.8) is 0 Å². The monoisotopic (exact) mass is 1440 g/mol. The Labute approximate surface area is 593 Å². The number of carbonyl (C=O) groups is 3. The van der Waals surface area contributed by atoms with Gasteiger partial charge in [-0.1, -0.05) is 284 Å². The highest BCUT2D eigenvalue weighted by molar-refractivity contribution is 7.47. The molecule has 3 aliphatic rings. The fourth-order valence-electron chi connectivity index (χ4n) is 13.2. The minimum absolute atomic E-state index is 0.0330. The summed E-state index contributed by atoms with van der Waals surface area (Å²) in [5.41, 5.74) is 0. The molecular formula is C74H139O24P. The number of aliphatic hydroxyl groups excluding tert-OH is 10. The number of rotatable bonds is 62. The smallest absolute Gasteiger partial charge is 0.463 e. The van der Waals surface area contributed by atoms with Crippen LogP contribution >= 0.6 is 7.82 Å². The van der Waals surface area contributed by atoms with Gasteiger partial charge < -0.3 is 89.1 Å². The van der Waals surface area contributed by atoms with E-state index < -0.39 is 156 Å². The predicted molar refractivity (Wildman–Crippen MR) is 375 cm³/mol. The molecule has 2 aliphatic heterocycles. The van der Waals surface area contributed by atoms with Crippen LogP contribution in [0.3, 0.4) is 0 Å². The highest BCUT2D eigenvalue weighted by Gasteiger charge is 2.58. The number of carbonyl (C=O) groups excluding carboxylic acids is 3. The number of esters is 3. The first kappa shape index (κ1) is 91.2. The fraction of sp³-hybridized carbons (Fsp3) is 0.959. The molecule has 18 unspecified atom stereocenters. The van der Waals surface area contributed by atoms with Crippen LogP contribution in [0, 0.1) is 0 Å². The van der Waals surface area contributed by atoms with Gasteiger partial charge in [0.25, 0.3) is 0 Å². The summed E-state index contributed by atoms with van der Waals surface area (Å²) < 4.78 is 65.1. The molecule has 24 nitrogen and oxygen atoms in total. The van der Waals surface area contributed by atoms with Gasteiger partial charge in [-0.05, 0) is 19.3 Å². The van der Waals surface area contributed by atoms with E-state index >= 15 is 0 Å². The average molecular weight is 1440 g/mol. The Hall–Kier alpha value is -2.04. The number of phosphoric acid groups is 1. The van der Waals surface area contributed by atoms with Crippen LogP contribution in [0.2, 0.25) is 0 Å².